The molecule has 0 saturated carbocycles. The molecule has 1 aromatic heterocycles. The number of hydrogen-bond acceptors (Lipinski definition) is 2. The van der Waals surface area contributed by atoms with Gasteiger partial charge in [-0.3, -0.25) is 4.68 Å². The van der Waals surface area contributed by atoms with Crippen LogP contribution in [0.5, 0.6) is 0 Å². The van der Waals surface area contributed by atoms with Crippen molar-refractivity contribution in [3.05, 3.63) is 17.5 Å². The van der Waals surface area contributed by atoms with Crippen LogP contribution in [0.25, 0.3) is 0 Å². The maximum absolute atomic E-state index is 4.26. The van der Waals surface area contributed by atoms with Crippen LogP contribution in [0.1, 0.15) is 23.6 Å². The van der Waals surface area contributed by atoms with E-state index in [1.807, 2.05) is 25.0 Å². The minimum Gasteiger partial charge on any atom is -0.319 e. The quantitative estimate of drug-likeness (QED) is 0.698. The number of likely N-dealkylation sites (N-methyl/N-ethyl adjacent to an activating group) is 1. The van der Waals surface area contributed by atoms with E-state index in [0.717, 1.165) is 6.54 Å². The van der Waals surface area contributed by atoms with Crippen LogP contribution in [0.2, 0.25) is 0 Å². The van der Waals surface area contributed by atoms with Gasteiger partial charge in [0.1, 0.15) is 0 Å². The number of nitrogens with one attached hydrogen (secondary N) is 1. The van der Waals surface area contributed by atoms with Gasteiger partial charge in [-0.15, -0.1) is 0 Å². The summed E-state index contributed by atoms with van der Waals surface area (Å²) in [5.41, 5.74) is 2.88. The summed E-state index contributed by atoms with van der Waals surface area (Å²) in [6, 6.07) is 0. The predicted molar refractivity (Wildman–Crippen MR) is 48.2 cm³/mol. The second-order valence-corrected chi connectivity index (χ2v) is 3.46. The Balaban J connectivity index is 2.24. The molecular weight excluding hydrogens is 150 g/mol. The van der Waals surface area contributed by atoms with Crippen LogP contribution in [0, 0.1) is 0 Å². The van der Waals surface area contributed by atoms with E-state index in [1.54, 1.807) is 0 Å². The second kappa shape index (κ2) is 2.90. The number of aromatic nitrogens is 2. The van der Waals surface area contributed by atoms with E-state index >= 15 is 0 Å². The van der Waals surface area contributed by atoms with Gasteiger partial charge in [0, 0.05) is 25.2 Å². The van der Waals surface area contributed by atoms with Gasteiger partial charge < -0.3 is 5.32 Å². The standard InChI is InChI=1S/C9H15N3/c1-10-5-7-3-4-9-8(7)6-11-12(9)2/h6-7,10H,3-5H2,1-2H3. The summed E-state index contributed by atoms with van der Waals surface area (Å²) in [6.45, 7) is 1.08. The van der Waals surface area contributed by atoms with Crippen molar-refractivity contribution >= 4 is 0 Å². The van der Waals surface area contributed by atoms with E-state index in [2.05, 4.69) is 10.4 Å². The number of nitrogens with zero attached hydrogens (tertiary/aromatic N) is 2. The topological polar surface area (TPSA) is 29.9 Å². The average molecular weight is 165 g/mol. The van der Waals surface area contributed by atoms with Crippen molar-refractivity contribution in [1.29, 1.82) is 0 Å². The number of aryl methyl sites for hydroxylation is 1. The predicted octanol–water partition coefficient (Wildman–Crippen LogP) is 0.669. The van der Waals surface area contributed by atoms with Crippen LogP contribution in [0.4, 0.5) is 0 Å². The van der Waals surface area contributed by atoms with Crippen LogP contribution in [0.15, 0.2) is 6.20 Å². The van der Waals surface area contributed by atoms with Crippen LogP contribution >= 0.6 is 0 Å². The third kappa shape index (κ3) is 1.05. The van der Waals surface area contributed by atoms with Crippen molar-refractivity contribution < 1.29 is 0 Å². The zero-order valence-electron chi connectivity index (χ0n) is 7.67. The van der Waals surface area contributed by atoms with Crippen LogP contribution in [-0.4, -0.2) is 23.4 Å². The van der Waals surface area contributed by atoms with Crippen molar-refractivity contribution in [2.24, 2.45) is 7.05 Å². The molecule has 1 aliphatic carbocycles. The fourth-order valence-electron chi connectivity index (χ4n) is 2.05. The largest absolute Gasteiger partial charge is 0.319 e. The minimum atomic E-state index is 0.693. The molecule has 1 N–H and O–H groups in total. The molecule has 3 heteroatoms. The lowest BCUT2D eigenvalue weighted by molar-refractivity contribution is 0.612. The van der Waals surface area contributed by atoms with Crippen LogP contribution in [0.3, 0.4) is 0 Å². The molecule has 0 fully saturated rings. The van der Waals surface area contributed by atoms with E-state index in [-0.39, 0.29) is 0 Å². The number of rotatable bonds is 2. The molecule has 0 saturated heterocycles. The molecule has 1 atom stereocenters. The summed E-state index contributed by atoms with van der Waals surface area (Å²) in [7, 11) is 4.04. The van der Waals surface area contributed by atoms with E-state index in [0.29, 0.717) is 5.92 Å². The van der Waals surface area contributed by atoms with Gasteiger partial charge in [-0.25, -0.2) is 0 Å². The normalized spacial score (nSPS) is 21.3. The highest BCUT2D eigenvalue weighted by molar-refractivity contribution is 5.28. The molecule has 3 nitrogen and oxygen atoms in total. The molecule has 1 aromatic rings. The minimum absolute atomic E-state index is 0.693. The third-order valence-corrected chi connectivity index (χ3v) is 2.71. The molecule has 1 unspecified atom stereocenters. The summed E-state index contributed by atoms with van der Waals surface area (Å²) >= 11 is 0. The van der Waals surface area contributed by atoms with Crippen LogP contribution < -0.4 is 5.32 Å². The van der Waals surface area contributed by atoms with Gasteiger partial charge in [-0.1, -0.05) is 0 Å². The summed E-state index contributed by atoms with van der Waals surface area (Å²) < 4.78 is 2.00. The zero-order chi connectivity index (χ0) is 8.55. The number of fused-ring (bicyclic) bond motifs is 1. The summed E-state index contributed by atoms with van der Waals surface area (Å²) in [5.74, 6) is 0.693. The van der Waals surface area contributed by atoms with Gasteiger partial charge in [0.15, 0.2) is 0 Å². The highest BCUT2D eigenvalue weighted by atomic mass is 15.3. The van der Waals surface area contributed by atoms with E-state index in [1.165, 1.54) is 24.1 Å². The Kier molecular flexibility index (Phi) is 1.89. The molecular formula is C9H15N3. The molecule has 1 heterocycles. The van der Waals surface area contributed by atoms with Crippen molar-refractivity contribution in [2.45, 2.75) is 18.8 Å². The van der Waals surface area contributed by atoms with Gasteiger partial charge in [-0.2, -0.15) is 5.10 Å². The van der Waals surface area contributed by atoms with Gasteiger partial charge >= 0.3 is 0 Å². The summed E-state index contributed by atoms with van der Waals surface area (Å²) in [6.07, 6.45) is 4.49. The Hall–Kier alpha value is -0.830. The van der Waals surface area contributed by atoms with Gasteiger partial charge in [-0.05, 0) is 25.5 Å². The van der Waals surface area contributed by atoms with Crippen molar-refractivity contribution in [2.75, 3.05) is 13.6 Å². The lowest BCUT2D eigenvalue weighted by atomic mass is 10.1. The van der Waals surface area contributed by atoms with Crippen molar-refractivity contribution in [3.63, 3.8) is 0 Å². The molecule has 2 rings (SSSR count). The summed E-state index contributed by atoms with van der Waals surface area (Å²) in [5, 5.41) is 7.48. The molecule has 0 amide bonds. The lowest BCUT2D eigenvalue weighted by Crippen LogP contribution is -2.14. The first-order valence-corrected chi connectivity index (χ1v) is 4.48. The SMILES string of the molecule is CNCC1CCc2c1cnn2C. The first kappa shape index (κ1) is 7.80. The third-order valence-electron chi connectivity index (χ3n) is 2.71. The Labute approximate surface area is 72.8 Å². The van der Waals surface area contributed by atoms with E-state index < -0.39 is 0 Å². The van der Waals surface area contributed by atoms with Crippen LogP contribution in [-0.2, 0) is 13.5 Å². The van der Waals surface area contributed by atoms with Gasteiger partial charge in [0.05, 0.1) is 6.20 Å². The number of hydrogen-bond donors (Lipinski definition) is 1. The fourth-order valence-corrected chi connectivity index (χ4v) is 2.05. The molecule has 0 aliphatic heterocycles. The fraction of sp³-hybridized carbons (Fsp3) is 0.667. The molecule has 0 aromatic carbocycles. The zero-order valence-corrected chi connectivity index (χ0v) is 7.67. The van der Waals surface area contributed by atoms with Crippen molar-refractivity contribution in [1.82, 2.24) is 15.1 Å². The molecule has 0 spiro atoms. The first-order valence-electron chi connectivity index (χ1n) is 4.48. The Morgan fingerprint density at radius 1 is 1.75 bits per heavy atom. The lowest BCUT2D eigenvalue weighted by Gasteiger charge is -2.06. The maximum atomic E-state index is 4.26. The highest BCUT2D eigenvalue weighted by Gasteiger charge is 2.24. The van der Waals surface area contributed by atoms with Crippen molar-refractivity contribution in [3.8, 4) is 0 Å². The monoisotopic (exact) mass is 165 g/mol. The van der Waals surface area contributed by atoms with E-state index in [9.17, 15) is 0 Å². The first-order chi connectivity index (χ1) is 5.83. The average Bonchev–Trinajstić information content (AvgIpc) is 2.58. The molecule has 1 aliphatic rings. The van der Waals surface area contributed by atoms with E-state index in [4.69, 9.17) is 0 Å². The smallest absolute Gasteiger partial charge is 0.0527 e. The maximum Gasteiger partial charge on any atom is 0.0527 e. The second-order valence-electron chi connectivity index (χ2n) is 3.46. The van der Waals surface area contributed by atoms with Gasteiger partial charge in [0.2, 0.25) is 0 Å². The molecule has 66 valence electrons. The van der Waals surface area contributed by atoms with Gasteiger partial charge in [0.25, 0.3) is 0 Å². The molecule has 0 radical (unpaired) electrons. The Morgan fingerprint density at radius 3 is 3.33 bits per heavy atom. The Morgan fingerprint density at radius 2 is 2.58 bits per heavy atom. The summed E-state index contributed by atoms with van der Waals surface area (Å²) in [4.78, 5) is 0. The Bertz CT molecular complexity index is 277. The highest BCUT2D eigenvalue weighted by Crippen LogP contribution is 2.31. The molecule has 12 heavy (non-hydrogen) atoms. The molecule has 0 bridgehead atoms.